The van der Waals surface area contributed by atoms with Crippen molar-refractivity contribution >= 4 is 0 Å². The number of hydrogen-bond donors (Lipinski definition) is 1. The predicted molar refractivity (Wildman–Crippen MR) is 77.3 cm³/mol. The van der Waals surface area contributed by atoms with E-state index in [1.54, 1.807) is 0 Å². The summed E-state index contributed by atoms with van der Waals surface area (Å²) < 4.78 is 0. The molecule has 0 spiro atoms. The molecule has 3 unspecified atom stereocenters. The van der Waals surface area contributed by atoms with Gasteiger partial charge in [-0.25, -0.2) is 0 Å². The van der Waals surface area contributed by atoms with Crippen molar-refractivity contribution in [2.75, 3.05) is 7.05 Å². The molecule has 0 aromatic heterocycles. The van der Waals surface area contributed by atoms with Crippen molar-refractivity contribution in [3.8, 4) is 0 Å². The van der Waals surface area contributed by atoms with Crippen molar-refractivity contribution in [2.24, 2.45) is 11.8 Å². The summed E-state index contributed by atoms with van der Waals surface area (Å²) in [6, 6.07) is 0.647. The number of allylic oxidation sites excluding steroid dienone is 2. The maximum absolute atomic E-state index is 3.36. The Morgan fingerprint density at radius 3 is 2.59 bits per heavy atom. The third kappa shape index (κ3) is 6.26. The molecule has 1 aliphatic rings. The lowest BCUT2D eigenvalue weighted by Gasteiger charge is -2.24. The molecule has 1 rings (SSSR count). The average molecular weight is 237 g/mol. The topological polar surface area (TPSA) is 12.0 Å². The van der Waals surface area contributed by atoms with Gasteiger partial charge in [-0.3, -0.25) is 0 Å². The van der Waals surface area contributed by atoms with Gasteiger partial charge < -0.3 is 5.32 Å². The van der Waals surface area contributed by atoms with Crippen molar-refractivity contribution in [3.05, 3.63) is 12.2 Å². The van der Waals surface area contributed by atoms with Crippen LogP contribution in [-0.2, 0) is 0 Å². The number of nitrogens with one attached hydrogen (secondary N) is 1. The van der Waals surface area contributed by atoms with Crippen LogP contribution in [0.3, 0.4) is 0 Å². The highest BCUT2D eigenvalue weighted by atomic mass is 14.8. The van der Waals surface area contributed by atoms with Crippen LogP contribution in [0.25, 0.3) is 0 Å². The number of hydrogen-bond acceptors (Lipinski definition) is 1. The Bertz CT molecular complexity index is 210. The van der Waals surface area contributed by atoms with E-state index < -0.39 is 0 Å². The van der Waals surface area contributed by atoms with Gasteiger partial charge in [-0.2, -0.15) is 0 Å². The van der Waals surface area contributed by atoms with Gasteiger partial charge in [-0.1, -0.05) is 44.8 Å². The summed E-state index contributed by atoms with van der Waals surface area (Å²) in [6.07, 6.45) is 16.1. The van der Waals surface area contributed by atoms with Crippen molar-refractivity contribution in [2.45, 2.75) is 71.3 Å². The van der Waals surface area contributed by atoms with E-state index in [0.717, 1.165) is 11.8 Å². The highest BCUT2D eigenvalue weighted by Crippen LogP contribution is 2.26. The van der Waals surface area contributed by atoms with Crippen LogP contribution in [0.5, 0.6) is 0 Å². The molecule has 0 saturated heterocycles. The molecule has 0 saturated carbocycles. The second-order valence-corrected chi connectivity index (χ2v) is 5.84. The second kappa shape index (κ2) is 8.74. The predicted octanol–water partition coefficient (Wildman–Crippen LogP) is 4.54. The lowest BCUT2D eigenvalue weighted by Crippen LogP contribution is -2.26. The molecular formula is C16H31N. The molecule has 0 heterocycles. The maximum Gasteiger partial charge on any atom is 0.00384 e. The van der Waals surface area contributed by atoms with E-state index in [1.807, 2.05) is 0 Å². The Balaban J connectivity index is 2.45. The molecule has 0 bridgehead atoms. The van der Waals surface area contributed by atoms with Crippen LogP contribution in [0.1, 0.15) is 65.2 Å². The summed E-state index contributed by atoms with van der Waals surface area (Å²) >= 11 is 0. The normalized spacial score (nSPS) is 28.3. The fraction of sp³-hybridized carbons (Fsp3) is 0.875. The van der Waals surface area contributed by atoms with Crippen LogP contribution < -0.4 is 5.32 Å². The Kier molecular flexibility index (Phi) is 7.59. The van der Waals surface area contributed by atoms with E-state index in [9.17, 15) is 0 Å². The van der Waals surface area contributed by atoms with Gasteiger partial charge in [0.1, 0.15) is 0 Å². The van der Waals surface area contributed by atoms with Gasteiger partial charge in [0.15, 0.2) is 0 Å². The van der Waals surface area contributed by atoms with Crippen molar-refractivity contribution in [3.63, 3.8) is 0 Å². The van der Waals surface area contributed by atoms with Gasteiger partial charge in [0, 0.05) is 6.04 Å². The lowest BCUT2D eigenvalue weighted by atomic mass is 9.84. The standard InChI is InChI=1S/C16H31N/c1-14(13-15(2)17-3)16-11-9-7-5-4-6-8-10-12-16/h9,11,14-17H,4-8,10,12-13H2,1-3H3/b11-9-. The van der Waals surface area contributed by atoms with Gasteiger partial charge in [-0.15, -0.1) is 0 Å². The van der Waals surface area contributed by atoms with Gasteiger partial charge >= 0.3 is 0 Å². The first-order chi connectivity index (χ1) is 8.24. The molecule has 1 nitrogen and oxygen atoms in total. The average Bonchev–Trinajstić information content (AvgIpc) is 2.35. The van der Waals surface area contributed by atoms with Crippen molar-refractivity contribution in [1.29, 1.82) is 0 Å². The smallest absolute Gasteiger partial charge is 0.00384 e. The summed E-state index contributed by atoms with van der Waals surface area (Å²) in [5, 5.41) is 3.36. The van der Waals surface area contributed by atoms with Crippen LogP contribution >= 0.6 is 0 Å². The summed E-state index contributed by atoms with van der Waals surface area (Å²) in [5.41, 5.74) is 0. The van der Waals surface area contributed by atoms with Crippen molar-refractivity contribution < 1.29 is 0 Å². The van der Waals surface area contributed by atoms with Crippen LogP contribution in [0.2, 0.25) is 0 Å². The quantitative estimate of drug-likeness (QED) is 0.708. The van der Waals surface area contributed by atoms with Crippen LogP contribution in [0.4, 0.5) is 0 Å². The first-order valence-corrected chi connectivity index (χ1v) is 7.58. The molecule has 3 atom stereocenters. The zero-order chi connectivity index (χ0) is 12.5. The fourth-order valence-electron chi connectivity index (χ4n) is 2.86. The third-order valence-corrected chi connectivity index (χ3v) is 4.24. The largest absolute Gasteiger partial charge is 0.317 e. The van der Waals surface area contributed by atoms with Crippen LogP contribution in [0, 0.1) is 11.8 Å². The molecule has 17 heavy (non-hydrogen) atoms. The van der Waals surface area contributed by atoms with E-state index in [1.165, 1.54) is 51.4 Å². The Morgan fingerprint density at radius 1 is 1.12 bits per heavy atom. The molecule has 100 valence electrons. The number of rotatable bonds is 4. The van der Waals surface area contributed by atoms with Gasteiger partial charge in [0.2, 0.25) is 0 Å². The summed E-state index contributed by atoms with van der Waals surface area (Å²) in [5.74, 6) is 1.62. The zero-order valence-corrected chi connectivity index (χ0v) is 12.0. The summed E-state index contributed by atoms with van der Waals surface area (Å²) in [6.45, 7) is 4.72. The lowest BCUT2D eigenvalue weighted by molar-refractivity contribution is 0.332. The van der Waals surface area contributed by atoms with E-state index in [4.69, 9.17) is 0 Å². The Hall–Kier alpha value is -0.300. The van der Waals surface area contributed by atoms with Crippen LogP contribution in [-0.4, -0.2) is 13.1 Å². The van der Waals surface area contributed by atoms with Gasteiger partial charge in [-0.05, 0) is 51.5 Å². The SMILES string of the molecule is CNC(C)CC(C)C1/C=C\CCCCCCC1. The molecule has 1 N–H and O–H groups in total. The van der Waals surface area contributed by atoms with Crippen LogP contribution in [0.15, 0.2) is 12.2 Å². The van der Waals surface area contributed by atoms with Gasteiger partial charge in [0.25, 0.3) is 0 Å². The maximum atomic E-state index is 3.36. The second-order valence-electron chi connectivity index (χ2n) is 5.84. The fourth-order valence-corrected chi connectivity index (χ4v) is 2.86. The summed E-state index contributed by atoms with van der Waals surface area (Å²) in [4.78, 5) is 0. The zero-order valence-electron chi connectivity index (χ0n) is 12.0. The molecule has 0 fully saturated rings. The Morgan fingerprint density at radius 2 is 1.82 bits per heavy atom. The molecule has 0 radical (unpaired) electrons. The van der Waals surface area contributed by atoms with E-state index in [2.05, 4.69) is 38.4 Å². The first kappa shape index (κ1) is 14.8. The van der Waals surface area contributed by atoms with E-state index >= 15 is 0 Å². The molecule has 0 aromatic carbocycles. The van der Waals surface area contributed by atoms with E-state index in [0.29, 0.717) is 6.04 Å². The highest BCUT2D eigenvalue weighted by Gasteiger charge is 2.16. The minimum absolute atomic E-state index is 0.647. The summed E-state index contributed by atoms with van der Waals surface area (Å²) in [7, 11) is 2.07. The monoisotopic (exact) mass is 237 g/mol. The molecule has 0 aliphatic heterocycles. The highest BCUT2D eigenvalue weighted by molar-refractivity contribution is 4.91. The molecule has 0 amide bonds. The first-order valence-electron chi connectivity index (χ1n) is 7.58. The molecule has 1 aliphatic carbocycles. The Labute approximate surface area is 108 Å². The van der Waals surface area contributed by atoms with Gasteiger partial charge in [0.05, 0.1) is 0 Å². The third-order valence-electron chi connectivity index (χ3n) is 4.24. The molecule has 0 aromatic rings. The minimum atomic E-state index is 0.647. The van der Waals surface area contributed by atoms with Crippen molar-refractivity contribution in [1.82, 2.24) is 5.32 Å². The minimum Gasteiger partial charge on any atom is -0.317 e. The van der Waals surface area contributed by atoms with E-state index in [-0.39, 0.29) is 0 Å². The molecule has 1 heteroatoms. The molecular weight excluding hydrogens is 206 g/mol.